The Bertz CT molecular complexity index is 754. The second kappa shape index (κ2) is 8.41. The third-order valence-corrected chi connectivity index (χ3v) is 4.37. The van der Waals surface area contributed by atoms with Crippen molar-refractivity contribution in [2.45, 2.75) is 44.7 Å². The fourth-order valence-corrected chi connectivity index (χ4v) is 3.04. The fraction of sp³-hybridized carbons (Fsp3) is 0.444. The number of urea groups is 1. The lowest BCUT2D eigenvalue weighted by atomic mass is 9.96. The highest BCUT2D eigenvalue weighted by Crippen LogP contribution is 2.17. The van der Waals surface area contributed by atoms with Crippen LogP contribution in [0.25, 0.3) is 11.3 Å². The summed E-state index contributed by atoms with van der Waals surface area (Å²) in [5.74, 6) is 0. The van der Waals surface area contributed by atoms with Crippen LogP contribution in [-0.2, 0) is 6.54 Å². The minimum Gasteiger partial charge on any atom is -0.336 e. The summed E-state index contributed by atoms with van der Waals surface area (Å²) in [6.45, 7) is 0.674. The zero-order valence-electron chi connectivity index (χ0n) is 14.1. The second-order valence-corrected chi connectivity index (χ2v) is 6.26. The fourth-order valence-electron chi connectivity index (χ4n) is 3.04. The number of rotatable bonds is 5. The van der Waals surface area contributed by atoms with Gasteiger partial charge in [-0.25, -0.2) is 9.48 Å². The maximum atomic E-state index is 12.0. The summed E-state index contributed by atoms with van der Waals surface area (Å²) in [5.41, 5.74) is 1.33. The van der Waals surface area contributed by atoms with Gasteiger partial charge in [0.05, 0.1) is 12.2 Å². The van der Waals surface area contributed by atoms with Crippen LogP contribution in [0.2, 0.25) is 0 Å². The molecular formula is C18H23N5O2. The zero-order valence-corrected chi connectivity index (χ0v) is 14.1. The van der Waals surface area contributed by atoms with Crippen LogP contribution in [0.3, 0.4) is 0 Å². The molecule has 1 saturated carbocycles. The molecule has 3 rings (SSSR count). The SMILES string of the molecule is O=C(NCCn1nc(-c2cccnc2)ccc1=O)NC1CCCCC1. The Morgan fingerprint density at radius 2 is 2.04 bits per heavy atom. The van der Waals surface area contributed by atoms with Gasteiger partial charge in [0.2, 0.25) is 0 Å². The Kier molecular flexibility index (Phi) is 5.77. The quantitative estimate of drug-likeness (QED) is 0.870. The maximum absolute atomic E-state index is 12.0. The zero-order chi connectivity index (χ0) is 17.5. The van der Waals surface area contributed by atoms with E-state index in [1.54, 1.807) is 18.5 Å². The van der Waals surface area contributed by atoms with E-state index in [1.807, 2.05) is 12.1 Å². The first-order valence-corrected chi connectivity index (χ1v) is 8.75. The van der Waals surface area contributed by atoms with Gasteiger partial charge in [0, 0.05) is 36.6 Å². The molecule has 0 atom stereocenters. The maximum Gasteiger partial charge on any atom is 0.315 e. The van der Waals surface area contributed by atoms with Crippen molar-refractivity contribution >= 4 is 6.03 Å². The third kappa shape index (κ3) is 4.89. The van der Waals surface area contributed by atoms with Crippen molar-refractivity contribution in [1.82, 2.24) is 25.4 Å². The summed E-state index contributed by atoms with van der Waals surface area (Å²) in [5, 5.41) is 10.1. The minimum atomic E-state index is -0.192. The molecule has 2 aromatic rings. The van der Waals surface area contributed by atoms with Gasteiger partial charge in [-0.05, 0) is 31.0 Å². The third-order valence-electron chi connectivity index (χ3n) is 4.37. The van der Waals surface area contributed by atoms with Crippen LogP contribution < -0.4 is 16.2 Å². The topological polar surface area (TPSA) is 88.9 Å². The number of aromatic nitrogens is 3. The number of pyridine rings is 1. The molecule has 1 aliphatic carbocycles. The van der Waals surface area contributed by atoms with Crippen LogP contribution >= 0.6 is 0 Å². The van der Waals surface area contributed by atoms with Crippen molar-refractivity contribution in [3.63, 3.8) is 0 Å². The summed E-state index contributed by atoms with van der Waals surface area (Å²) in [4.78, 5) is 27.9. The molecule has 0 unspecified atom stereocenters. The Labute approximate surface area is 146 Å². The highest BCUT2D eigenvalue weighted by atomic mass is 16.2. The van der Waals surface area contributed by atoms with Gasteiger partial charge in [0.15, 0.2) is 0 Å². The van der Waals surface area contributed by atoms with Crippen LogP contribution in [0.4, 0.5) is 4.79 Å². The lowest BCUT2D eigenvalue weighted by Gasteiger charge is -2.22. The normalized spacial score (nSPS) is 14.9. The molecule has 7 heteroatoms. The van der Waals surface area contributed by atoms with Crippen molar-refractivity contribution < 1.29 is 4.79 Å². The van der Waals surface area contributed by atoms with E-state index in [4.69, 9.17) is 0 Å². The van der Waals surface area contributed by atoms with E-state index in [0.29, 0.717) is 18.8 Å². The summed E-state index contributed by atoms with van der Waals surface area (Å²) in [6, 6.07) is 6.96. The van der Waals surface area contributed by atoms with Crippen molar-refractivity contribution in [2.24, 2.45) is 0 Å². The van der Waals surface area contributed by atoms with Crippen LogP contribution in [0.1, 0.15) is 32.1 Å². The first-order chi connectivity index (χ1) is 12.2. The molecule has 0 aliphatic heterocycles. The summed E-state index contributed by atoms with van der Waals surface area (Å²) < 4.78 is 1.36. The number of nitrogens with zero attached hydrogens (tertiary/aromatic N) is 3. The summed E-state index contributed by atoms with van der Waals surface area (Å²) >= 11 is 0. The largest absolute Gasteiger partial charge is 0.336 e. The van der Waals surface area contributed by atoms with Gasteiger partial charge in [-0.1, -0.05) is 19.3 Å². The highest BCUT2D eigenvalue weighted by molar-refractivity contribution is 5.74. The molecule has 132 valence electrons. The molecule has 2 aromatic heterocycles. The molecule has 0 radical (unpaired) electrons. The Balaban J connectivity index is 1.54. The Morgan fingerprint density at radius 1 is 1.20 bits per heavy atom. The van der Waals surface area contributed by atoms with Crippen LogP contribution in [0.15, 0.2) is 41.5 Å². The molecular weight excluding hydrogens is 318 g/mol. The van der Waals surface area contributed by atoms with Gasteiger partial charge in [-0.3, -0.25) is 9.78 Å². The average molecular weight is 341 g/mol. The van der Waals surface area contributed by atoms with Crippen molar-refractivity contribution in [3.8, 4) is 11.3 Å². The van der Waals surface area contributed by atoms with E-state index in [9.17, 15) is 9.59 Å². The predicted octanol–water partition coefficient (Wildman–Crippen LogP) is 1.94. The molecule has 2 amide bonds. The molecule has 0 aromatic carbocycles. The van der Waals surface area contributed by atoms with Crippen LogP contribution in [0.5, 0.6) is 0 Å². The molecule has 0 spiro atoms. The van der Waals surface area contributed by atoms with Gasteiger partial charge < -0.3 is 10.6 Å². The molecule has 2 heterocycles. The van der Waals surface area contributed by atoms with Crippen LogP contribution in [0, 0.1) is 0 Å². The molecule has 2 N–H and O–H groups in total. The smallest absolute Gasteiger partial charge is 0.315 e. The number of nitrogens with one attached hydrogen (secondary N) is 2. The van der Waals surface area contributed by atoms with Gasteiger partial charge >= 0.3 is 6.03 Å². The molecule has 25 heavy (non-hydrogen) atoms. The van der Waals surface area contributed by atoms with E-state index in [1.165, 1.54) is 30.0 Å². The summed E-state index contributed by atoms with van der Waals surface area (Å²) in [6.07, 6.45) is 9.07. The monoisotopic (exact) mass is 341 g/mol. The standard InChI is InChI=1S/C18H23N5O2/c24-17-9-8-16(14-5-4-10-19-13-14)22-23(17)12-11-20-18(25)21-15-6-2-1-3-7-15/h4-5,8-10,13,15H,1-3,6-7,11-12H2,(H2,20,21,25). The molecule has 1 fully saturated rings. The molecule has 7 nitrogen and oxygen atoms in total. The first-order valence-electron chi connectivity index (χ1n) is 8.75. The van der Waals surface area contributed by atoms with E-state index < -0.39 is 0 Å². The number of amides is 2. The summed E-state index contributed by atoms with van der Waals surface area (Å²) in [7, 11) is 0. The number of hydrogen-bond acceptors (Lipinski definition) is 4. The van der Waals surface area contributed by atoms with Gasteiger partial charge in [0.25, 0.3) is 5.56 Å². The van der Waals surface area contributed by atoms with Crippen molar-refractivity contribution in [3.05, 3.63) is 47.0 Å². The second-order valence-electron chi connectivity index (χ2n) is 6.26. The van der Waals surface area contributed by atoms with Gasteiger partial charge in [-0.15, -0.1) is 0 Å². The van der Waals surface area contributed by atoms with E-state index in [2.05, 4.69) is 20.7 Å². The van der Waals surface area contributed by atoms with Gasteiger partial charge in [0.1, 0.15) is 0 Å². The van der Waals surface area contributed by atoms with Crippen LogP contribution in [-0.4, -0.2) is 33.4 Å². The van der Waals surface area contributed by atoms with E-state index >= 15 is 0 Å². The van der Waals surface area contributed by atoms with Crippen molar-refractivity contribution in [2.75, 3.05) is 6.54 Å². The minimum absolute atomic E-state index is 0.177. The Hall–Kier alpha value is -2.70. The lowest BCUT2D eigenvalue weighted by Crippen LogP contribution is -2.44. The number of carbonyl (C=O) groups is 1. The molecule has 0 bridgehead atoms. The van der Waals surface area contributed by atoms with E-state index in [0.717, 1.165) is 18.4 Å². The average Bonchev–Trinajstić information content (AvgIpc) is 2.65. The lowest BCUT2D eigenvalue weighted by molar-refractivity contribution is 0.232. The molecule has 0 saturated heterocycles. The molecule has 1 aliphatic rings. The first kappa shape index (κ1) is 17.1. The highest BCUT2D eigenvalue weighted by Gasteiger charge is 2.15. The number of carbonyl (C=O) groups excluding carboxylic acids is 1. The van der Waals surface area contributed by atoms with Gasteiger partial charge in [-0.2, -0.15) is 5.10 Å². The predicted molar refractivity (Wildman–Crippen MR) is 95.1 cm³/mol. The van der Waals surface area contributed by atoms with E-state index in [-0.39, 0.29) is 17.6 Å². The Morgan fingerprint density at radius 3 is 2.80 bits per heavy atom. The van der Waals surface area contributed by atoms with Crippen molar-refractivity contribution in [1.29, 1.82) is 0 Å². The number of hydrogen-bond donors (Lipinski definition) is 2.